The van der Waals surface area contributed by atoms with Crippen LogP contribution in [0.25, 0.3) is 0 Å². The first-order valence-electron chi connectivity index (χ1n) is 6.85. The van der Waals surface area contributed by atoms with E-state index in [1.165, 1.54) is 12.8 Å². The molecule has 0 aliphatic heterocycles. The van der Waals surface area contributed by atoms with Crippen molar-refractivity contribution in [3.63, 3.8) is 0 Å². The van der Waals surface area contributed by atoms with Crippen molar-refractivity contribution in [2.45, 2.75) is 39.2 Å². The standard InChI is InChI=1S/C15H21BrN2O/c1-9-4-3-5-14(10(9)2)18-15(19)12-8-11(17)6-7-13(12)16/h6-10,14H,3-5,17H2,1-2H3,(H,18,19). The Kier molecular flexibility index (Phi) is 4.50. The van der Waals surface area contributed by atoms with E-state index >= 15 is 0 Å². The van der Waals surface area contributed by atoms with E-state index in [1.54, 1.807) is 12.1 Å². The first-order valence-corrected chi connectivity index (χ1v) is 7.64. The van der Waals surface area contributed by atoms with Crippen LogP contribution in [-0.4, -0.2) is 11.9 Å². The molecule has 0 spiro atoms. The number of nitrogens with one attached hydrogen (secondary N) is 1. The molecule has 1 aliphatic rings. The van der Waals surface area contributed by atoms with E-state index in [9.17, 15) is 4.79 Å². The van der Waals surface area contributed by atoms with Gasteiger partial charge in [0, 0.05) is 16.2 Å². The van der Waals surface area contributed by atoms with Crippen LogP contribution in [-0.2, 0) is 0 Å². The van der Waals surface area contributed by atoms with Crippen molar-refractivity contribution in [3.8, 4) is 0 Å². The second kappa shape index (κ2) is 5.95. The molecule has 0 radical (unpaired) electrons. The molecule has 1 aliphatic carbocycles. The molecular formula is C15H21BrN2O. The number of amides is 1. The normalized spacial score (nSPS) is 27.0. The molecule has 19 heavy (non-hydrogen) atoms. The highest BCUT2D eigenvalue weighted by molar-refractivity contribution is 9.10. The van der Waals surface area contributed by atoms with E-state index < -0.39 is 0 Å². The Balaban J connectivity index is 2.10. The highest BCUT2D eigenvalue weighted by Gasteiger charge is 2.28. The third-order valence-corrected chi connectivity index (χ3v) is 4.95. The molecule has 0 bridgehead atoms. The number of hydrogen-bond donors (Lipinski definition) is 2. The molecule has 0 saturated heterocycles. The molecule has 1 fully saturated rings. The van der Waals surface area contributed by atoms with Crippen molar-refractivity contribution in [3.05, 3.63) is 28.2 Å². The summed E-state index contributed by atoms with van der Waals surface area (Å²) >= 11 is 3.41. The van der Waals surface area contributed by atoms with E-state index in [4.69, 9.17) is 5.73 Å². The lowest BCUT2D eigenvalue weighted by Gasteiger charge is -2.34. The van der Waals surface area contributed by atoms with Gasteiger partial charge in [0.05, 0.1) is 5.56 Å². The van der Waals surface area contributed by atoms with E-state index in [2.05, 4.69) is 35.1 Å². The van der Waals surface area contributed by atoms with Crippen LogP contribution in [0.4, 0.5) is 5.69 Å². The number of hydrogen-bond acceptors (Lipinski definition) is 2. The number of anilines is 1. The predicted molar refractivity (Wildman–Crippen MR) is 82.0 cm³/mol. The third kappa shape index (κ3) is 3.30. The quantitative estimate of drug-likeness (QED) is 0.817. The first-order chi connectivity index (χ1) is 8.99. The molecule has 1 amide bonds. The molecule has 1 aromatic carbocycles. The lowest BCUT2D eigenvalue weighted by Crippen LogP contribution is -2.43. The Hall–Kier alpha value is -1.03. The number of nitrogens with two attached hydrogens (primary N) is 1. The van der Waals surface area contributed by atoms with Gasteiger partial charge in [0.15, 0.2) is 0 Å². The van der Waals surface area contributed by atoms with Gasteiger partial charge in [0.1, 0.15) is 0 Å². The van der Waals surface area contributed by atoms with Gasteiger partial charge in [-0.05, 0) is 52.4 Å². The maximum atomic E-state index is 12.3. The number of benzene rings is 1. The minimum absolute atomic E-state index is 0.0369. The van der Waals surface area contributed by atoms with Gasteiger partial charge in [-0.3, -0.25) is 4.79 Å². The molecule has 4 heteroatoms. The van der Waals surface area contributed by atoms with Gasteiger partial charge in [-0.1, -0.05) is 26.7 Å². The van der Waals surface area contributed by atoms with E-state index in [-0.39, 0.29) is 11.9 Å². The molecule has 104 valence electrons. The molecule has 3 nitrogen and oxygen atoms in total. The Morgan fingerprint density at radius 2 is 2.11 bits per heavy atom. The van der Waals surface area contributed by atoms with E-state index in [1.807, 2.05) is 6.07 Å². The molecule has 1 aromatic rings. The van der Waals surface area contributed by atoms with Crippen molar-refractivity contribution in [1.29, 1.82) is 0 Å². The number of halogens is 1. The van der Waals surface area contributed by atoms with Crippen molar-refractivity contribution < 1.29 is 4.79 Å². The Morgan fingerprint density at radius 3 is 2.84 bits per heavy atom. The summed E-state index contributed by atoms with van der Waals surface area (Å²) in [6.45, 7) is 4.49. The van der Waals surface area contributed by atoms with Crippen LogP contribution in [0.1, 0.15) is 43.5 Å². The highest BCUT2D eigenvalue weighted by Crippen LogP contribution is 2.30. The monoisotopic (exact) mass is 324 g/mol. The van der Waals surface area contributed by atoms with Crippen molar-refractivity contribution in [2.24, 2.45) is 11.8 Å². The van der Waals surface area contributed by atoms with Gasteiger partial charge < -0.3 is 11.1 Å². The van der Waals surface area contributed by atoms with Crippen molar-refractivity contribution >= 4 is 27.5 Å². The van der Waals surface area contributed by atoms with Crippen LogP contribution >= 0.6 is 15.9 Å². The van der Waals surface area contributed by atoms with Gasteiger partial charge >= 0.3 is 0 Å². The number of carbonyl (C=O) groups is 1. The lowest BCUT2D eigenvalue weighted by atomic mass is 9.78. The Labute approximate surface area is 123 Å². The lowest BCUT2D eigenvalue weighted by molar-refractivity contribution is 0.0890. The number of nitrogen functional groups attached to an aromatic ring is 1. The maximum absolute atomic E-state index is 12.3. The summed E-state index contributed by atoms with van der Waals surface area (Å²) in [5.41, 5.74) is 6.97. The second-order valence-electron chi connectivity index (χ2n) is 5.59. The summed E-state index contributed by atoms with van der Waals surface area (Å²) in [6, 6.07) is 5.59. The molecule has 1 saturated carbocycles. The van der Waals surface area contributed by atoms with Gasteiger partial charge in [0.25, 0.3) is 5.91 Å². The molecule has 3 unspecified atom stereocenters. The predicted octanol–water partition coefficient (Wildman–Crippen LogP) is 3.59. The molecule has 3 N–H and O–H groups in total. The van der Waals surface area contributed by atoms with Crippen LogP contribution in [0.3, 0.4) is 0 Å². The summed E-state index contributed by atoms with van der Waals surface area (Å²) in [6.07, 6.45) is 3.52. The van der Waals surface area contributed by atoms with Gasteiger partial charge in [-0.2, -0.15) is 0 Å². The van der Waals surface area contributed by atoms with Crippen molar-refractivity contribution in [2.75, 3.05) is 5.73 Å². The zero-order valence-electron chi connectivity index (χ0n) is 11.4. The summed E-state index contributed by atoms with van der Waals surface area (Å²) in [4.78, 5) is 12.3. The van der Waals surface area contributed by atoms with Gasteiger partial charge in [0.2, 0.25) is 0 Å². The van der Waals surface area contributed by atoms with Gasteiger partial charge in [-0.15, -0.1) is 0 Å². The third-order valence-electron chi connectivity index (χ3n) is 4.26. The fraction of sp³-hybridized carbons (Fsp3) is 0.533. The van der Waals surface area contributed by atoms with Crippen LogP contribution < -0.4 is 11.1 Å². The summed E-state index contributed by atoms with van der Waals surface area (Å²) in [7, 11) is 0. The molecular weight excluding hydrogens is 304 g/mol. The van der Waals surface area contributed by atoms with Crippen LogP contribution in [0, 0.1) is 11.8 Å². The number of rotatable bonds is 2. The Bertz CT molecular complexity index is 475. The van der Waals surface area contributed by atoms with Crippen molar-refractivity contribution in [1.82, 2.24) is 5.32 Å². The maximum Gasteiger partial charge on any atom is 0.252 e. The summed E-state index contributed by atoms with van der Waals surface area (Å²) < 4.78 is 0.788. The summed E-state index contributed by atoms with van der Waals surface area (Å²) in [5, 5.41) is 3.16. The van der Waals surface area contributed by atoms with E-state index in [0.29, 0.717) is 23.1 Å². The average molecular weight is 325 g/mol. The Morgan fingerprint density at radius 1 is 1.37 bits per heavy atom. The summed E-state index contributed by atoms with van der Waals surface area (Å²) in [5.74, 6) is 1.16. The van der Waals surface area contributed by atoms with Crippen LogP contribution in [0.5, 0.6) is 0 Å². The molecule has 0 heterocycles. The topological polar surface area (TPSA) is 55.1 Å². The minimum atomic E-state index is -0.0369. The average Bonchev–Trinajstić information content (AvgIpc) is 2.38. The first kappa shape index (κ1) is 14.4. The van der Waals surface area contributed by atoms with Crippen LogP contribution in [0.15, 0.2) is 22.7 Å². The zero-order valence-corrected chi connectivity index (χ0v) is 13.0. The number of carbonyl (C=O) groups excluding carboxylic acids is 1. The molecule has 3 atom stereocenters. The van der Waals surface area contributed by atoms with Gasteiger partial charge in [-0.25, -0.2) is 0 Å². The van der Waals surface area contributed by atoms with Crippen LogP contribution in [0.2, 0.25) is 0 Å². The molecule has 2 rings (SSSR count). The minimum Gasteiger partial charge on any atom is -0.399 e. The fourth-order valence-electron chi connectivity index (χ4n) is 2.75. The largest absolute Gasteiger partial charge is 0.399 e. The SMILES string of the molecule is CC1CCCC(NC(=O)c2cc(N)ccc2Br)C1C. The molecule has 0 aromatic heterocycles. The second-order valence-corrected chi connectivity index (χ2v) is 6.44. The fourth-order valence-corrected chi connectivity index (χ4v) is 3.18. The highest BCUT2D eigenvalue weighted by atomic mass is 79.9. The zero-order chi connectivity index (χ0) is 14.0. The van der Waals surface area contributed by atoms with E-state index in [0.717, 1.165) is 10.9 Å². The smallest absolute Gasteiger partial charge is 0.252 e.